The Labute approximate surface area is 156 Å². The molecule has 0 unspecified atom stereocenters. The lowest BCUT2D eigenvalue weighted by atomic mass is 10.1. The second-order valence-corrected chi connectivity index (χ2v) is 6.35. The van der Waals surface area contributed by atoms with Gasteiger partial charge in [-0.2, -0.15) is 18.3 Å². The van der Waals surface area contributed by atoms with Gasteiger partial charge in [0, 0.05) is 24.2 Å². The largest absolute Gasteiger partial charge is 0.506 e. The number of aromatic nitrogens is 5. The van der Waals surface area contributed by atoms with Crippen LogP contribution >= 0.6 is 0 Å². The lowest BCUT2D eigenvalue weighted by Crippen LogP contribution is -2.17. The molecule has 4 rings (SSSR count). The number of fused-ring (bicyclic) bond motifs is 1. The molecule has 4 heterocycles. The molecule has 144 valence electrons. The summed E-state index contributed by atoms with van der Waals surface area (Å²) in [5.41, 5.74) is 2.56. The summed E-state index contributed by atoms with van der Waals surface area (Å²) < 4.78 is 39.7. The number of hydrogen-bond acceptors (Lipinski definition) is 5. The zero-order valence-corrected chi connectivity index (χ0v) is 14.5. The van der Waals surface area contributed by atoms with Crippen LogP contribution in [0.4, 0.5) is 13.2 Å². The minimum Gasteiger partial charge on any atom is -0.506 e. The highest BCUT2D eigenvalue weighted by Crippen LogP contribution is 2.34. The molecule has 7 nitrogen and oxygen atoms in total. The van der Waals surface area contributed by atoms with Gasteiger partial charge in [-0.05, 0) is 24.6 Å². The molecule has 0 aliphatic rings. The van der Waals surface area contributed by atoms with Crippen LogP contribution in [-0.4, -0.2) is 40.7 Å². The van der Waals surface area contributed by atoms with Gasteiger partial charge < -0.3 is 10.2 Å². The monoisotopic (exact) mass is 389 g/mol. The van der Waals surface area contributed by atoms with Crippen molar-refractivity contribution in [2.45, 2.75) is 19.6 Å². The van der Waals surface area contributed by atoms with Crippen molar-refractivity contribution in [2.75, 3.05) is 0 Å². The van der Waals surface area contributed by atoms with Crippen molar-refractivity contribution in [3.05, 3.63) is 48.7 Å². The Morgan fingerprint density at radius 1 is 1.07 bits per heavy atom. The van der Waals surface area contributed by atoms with Crippen molar-refractivity contribution in [3.63, 3.8) is 0 Å². The number of hydrogen-bond donors (Lipinski definition) is 2. The second-order valence-electron chi connectivity index (χ2n) is 6.35. The fourth-order valence-corrected chi connectivity index (χ4v) is 3.05. The molecule has 0 aromatic carbocycles. The van der Waals surface area contributed by atoms with Gasteiger partial charge in [0.15, 0.2) is 0 Å². The van der Waals surface area contributed by atoms with Crippen LogP contribution in [-0.2, 0) is 6.54 Å². The van der Waals surface area contributed by atoms with Crippen LogP contribution in [0.25, 0.3) is 27.8 Å². The van der Waals surface area contributed by atoms with Crippen LogP contribution in [0.1, 0.15) is 5.56 Å². The van der Waals surface area contributed by atoms with Gasteiger partial charge in [0.05, 0.1) is 34.7 Å². The van der Waals surface area contributed by atoms with Crippen molar-refractivity contribution in [1.29, 1.82) is 0 Å². The Balaban J connectivity index is 1.79. The van der Waals surface area contributed by atoms with Gasteiger partial charge in [-0.3, -0.25) is 14.2 Å². The number of rotatable bonds is 3. The van der Waals surface area contributed by atoms with E-state index in [-0.39, 0.29) is 17.3 Å². The van der Waals surface area contributed by atoms with E-state index in [2.05, 4.69) is 15.1 Å². The number of alkyl halides is 3. The SMILES string of the molecule is Cc1cc(-c2cncc(O)c2)nc2cn(-c3cnn(CC(F)(F)F)c3)c(O)c12. The van der Waals surface area contributed by atoms with Crippen molar-refractivity contribution in [1.82, 2.24) is 24.3 Å². The molecular formula is C18H14F3N5O2. The summed E-state index contributed by atoms with van der Waals surface area (Å²) in [6.07, 6.45) is 2.41. The zero-order valence-electron chi connectivity index (χ0n) is 14.5. The van der Waals surface area contributed by atoms with Gasteiger partial charge in [-0.15, -0.1) is 0 Å². The molecule has 0 spiro atoms. The molecule has 28 heavy (non-hydrogen) atoms. The molecule has 0 atom stereocenters. The average molecular weight is 389 g/mol. The highest BCUT2D eigenvalue weighted by Gasteiger charge is 2.28. The molecule has 10 heteroatoms. The van der Waals surface area contributed by atoms with E-state index < -0.39 is 12.7 Å². The molecule has 4 aromatic heterocycles. The van der Waals surface area contributed by atoms with Gasteiger partial charge in [0.2, 0.25) is 5.88 Å². The summed E-state index contributed by atoms with van der Waals surface area (Å²) in [4.78, 5) is 8.41. The first-order chi connectivity index (χ1) is 13.2. The quantitative estimate of drug-likeness (QED) is 0.559. The molecule has 0 saturated carbocycles. The van der Waals surface area contributed by atoms with Crippen LogP contribution in [0.3, 0.4) is 0 Å². The van der Waals surface area contributed by atoms with E-state index in [1.54, 1.807) is 19.2 Å². The summed E-state index contributed by atoms with van der Waals surface area (Å²) in [6.45, 7) is 0.557. The normalized spacial score (nSPS) is 12.0. The van der Waals surface area contributed by atoms with E-state index in [0.29, 0.717) is 27.7 Å². The van der Waals surface area contributed by atoms with E-state index in [1.165, 1.54) is 35.4 Å². The Morgan fingerprint density at radius 2 is 1.86 bits per heavy atom. The fourth-order valence-electron chi connectivity index (χ4n) is 3.05. The molecule has 0 fully saturated rings. The van der Waals surface area contributed by atoms with Crippen molar-refractivity contribution >= 4 is 10.9 Å². The number of aryl methyl sites for hydroxylation is 1. The summed E-state index contributed by atoms with van der Waals surface area (Å²) in [5.74, 6) is -0.151. The third-order valence-electron chi connectivity index (χ3n) is 4.21. The Hall–Kier alpha value is -3.56. The van der Waals surface area contributed by atoms with Crippen molar-refractivity contribution in [3.8, 4) is 28.6 Å². The maximum absolute atomic E-state index is 12.5. The fraction of sp³-hybridized carbons (Fsp3) is 0.167. The topological polar surface area (TPSA) is 89.0 Å². The van der Waals surface area contributed by atoms with E-state index in [9.17, 15) is 23.4 Å². The highest BCUT2D eigenvalue weighted by molar-refractivity contribution is 5.90. The molecule has 0 aliphatic carbocycles. The van der Waals surface area contributed by atoms with Crippen molar-refractivity contribution in [2.24, 2.45) is 0 Å². The predicted molar refractivity (Wildman–Crippen MR) is 94.2 cm³/mol. The Kier molecular flexibility index (Phi) is 3.98. The lowest BCUT2D eigenvalue weighted by Gasteiger charge is -2.05. The molecule has 2 N–H and O–H groups in total. The standard InChI is InChI=1S/C18H14F3N5O2/c1-10-2-14(11-3-13(27)6-22-4-11)24-15-8-26(17(28)16(10)15)12-5-23-25(7-12)9-18(19,20)21/h2-8,27-28H,9H2,1H3. The van der Waals surface area contributed by atoms with E-state index in [0.717, 1.165) is 4.68 Å². The molecule has 0 radical (unpaired) electrons. The number of aromatic hydroxyl groups is 2. The first kappa shape index (κ1) is 17.8. The molecule has 4 aromatic rings. The summed E-state index contributed by atoms with van der Waals surface area (Å²) in [6, 6.07) is 3.24. The smallest absolute Gasteiger partial charge is 0.408 e. The molecular weight excluding hydrogens is 375 g/mol. The van der Waals surface area contributed by atoms with Crippen LogP contribution < -0.4 is 0 Å². The highest BCUT2D eigenvalue weighted by atomic mass is 19.4. The molecule has 0 aliphatic heterocycles. The Morgan fingerprint density at radius 3 is 2.57 bits per heavy atom. The lowest BCUT2D eigenvalue weighted by molar-refractivity contribution is -0.142. The molecule has 0 saturated heterocycles. The summed E-state index contributed by atoms with van der Waals surface area (Å²) in [7, 11) is 0. The third-order valence-corrected chi connectivity index (χ3v) is 4.21. The van der Waals surface area contributed by atoms with Crippen LogP contribution in [0.5, 0.6) is 11.6 Å². The minimum atomic E-state index is -4.39. The number of nitrogens with zero attached hydrogens (tertiary/aromatic N) is 5. The van der Waals surface area contributed by atoms with Crippen molar-refractivity contribution < 1.29 is 23.4 Å². The minimum absolute atomic E-state index is 0.00505. The molecule has 0 bridgehead atoms. The van der Waals surface area contributed by atoms with E-state index in [4.69, 9.17) is 0 Å². The zero-order chi connectivity index (χ0) is 20.1. The van der Waals surface area contributed by atoms with Crippen LogP contribution in [0.2, 0.25) is 0 Å². The van der Waals surface area contributed by atoms with Gasteiger partial charge in [-0.25, -0.2) is 4.98 Å². The summed E-state index contributed by atoms with van der Waals surface area (Å²) in [5, 5.41) is 24.4. The first-order valence-corrected chi connectivity index (χ1v) is 8.17. The first-order valence-electron chi connectivity index (χ1n) is 8.17. The van der Waals surface area contributed by atoms with Gasteiger partial charge in [0.25, 0.3) is 0 Å². The van der Waals surface area contributed by atoms with Crippen LogP contribution in [0.15, 0.2) is 43.1 Å². The van der Waals surface area contributed by atoms with E-state index in [1.807, 2.05) is 0 Å². The molecule has 0 amide bonds. The van der Waals surface area contributed by atoms with Gasteiger partial charge in [-0.1, -0.05) is 0 Å². The number of halogens is 3. The van der Waals surface area contributed by atoms with Gasteiger partial charge >= 0.3 is 6.18 Å². The third kappa shape index (κ3) is 3.24. The summed E-state index contributed by atoms with van der Waals surface area (Å²) >= 11 is 0. The Bertz CT molecular complexity index is 1180. The number of pyridine rings is 2. The van der Waals surface area contributed by atoms with E-state index >= 15 is 0 Å². The maximum atomic E-state index is 12.5. The second kappa shape index (κ2) is 6.25. The average Bonchev–Trinajstić information content (AvgIpc) is 3.18. The maximum Gasteiger partial charge on any atom is 0.408 e. The predicted octanol–water partition coefficient (Wildman–Crippen LogP) is 3.57. The van der Waals surface area contributed by atoms with Gasteiger partial charge in [0.1, 0.15) is 12.3 Å². The van der Waals surface area contributed by atoms with Crippen LogP contribution in [0, 0.1) is 6.92 Å².